The summed E-state index contributed by atoms with van der Waals surface area (Å²) in [7, 11) is 0. The normalized spacial score (nSPS) is 14.9. The van der Waals surface area contributed by atoms with Gasteiger partial charge in [-0.3, -0.25) is 14.8 Å². The van der Waals surface area contributed by atoms with Crippen LogP contribution >= 0.6 is 0 Å². The summed E-state index contributed by atoms with van der Waals surface area (Å²) in [4.78, 5) is 14.5. The van der Waals surface area contributed by atoms with Crippen LogP contribution < -0.4 is 5.56 Å². The fraction of sp³-hybridized carbons (Fsp3) is 0.316. The molecule has 0 saturated heterocycles. The van der Waals surface area contributed by atoms with E-state index in [1.807, 2.05) is 38.2 Å². The molecule has 0 aliphatic carbocycles. The van der Waals surface area contributed by atoms with E-state index < -0.39 is 0 Å². The molecule has 1 aliphatic rings. The molecule has 0 atom stereocenters. The predicted molar refractivity (Wildman–Crippen MR) is 102 cm³/mol. The lowest BCUT2D eigenvalue weighted by Crippen LogP contribution is -2.36. The number of H-pyrrole nitrogens is 1. The van der Waals surface area contributed by atoms with Crippen molar-refractivity contribution in [2.24, 2.45) is 0 Å². The fourth-order valence-corrected chi connectivity index (χ4v) is 2.81. The van der Waals surface area contributed by atoms with Crippen molar-refractivity contribution in [1.82, 2.24) is 24.7 Å². The molecule has 0 radical (unpaired) electrons. The first-order valence-electron chi connectivity index (χ1n) is 8.49. The van der Waals surface area contributed by atoms with Crippen LogP contribution in [0.1, 0.15) is 25.0 Å². The summed E-state index contributed by atoms with van der Waals surface area (Å²) in [6.07, 6.45) is 11.7. The van der Waals surface area contributed by atoms with E-state index in [0.29, 0.717) is 6.54 Å². The highest BCUT2D eigenvalue weighted by Gasteiger charge is 2.22. The van der Waals surface area contributed by atoms with E-state index >= 15 is 0 Å². The molecule has 2 aromatic heterocycles. The Morgan fingerprint density at radius 1 is 1.32 bits per heavy atom. The number of nitrogens with one attached hydrogen (secondary N) is 1. The maximum atomic E-state index is 12.3. The fourth-order valence-electron chi connectivity index (χ4n) is 2.81. The standard InChI is InChI=1S/C17H19N5O.C2H6/c1-3-5-6-7-13(4-2)10-21-9-8-14-15(11-21)17(23)20-22-12-18-19-16(14)22;1-2/h3-7,12H,1-2,8-11H2,(H,20,23);1-2H3/b6-5-,13-7+;. The van der Waals surface area contributed by atoms with Crippen molar-refractivity contribution >= 4 is 5.65 Å². The monoisotopic (exact) mass is 339 g/mol. The van der Waals surface area contributed by atoms with Crippen molar-refractivity contribution in [3.63, 3.8) is 0 Å². The molecule has 25 heavy (non-hydrogen) atoms. The van der Waals surface area contributed by atoms with Crippen LogP contribution in [0.5, 0.6) is 0 Å². The van der Waals surface area contributed by atoms with Crippen molar-refractivity contribution in [2.75, 3.05) is 13.1 Å². The predicted octanol–water partition coefficient (Wildman–Crippen LogP) is 2.66. The second-order valence-corrected chi connectivity index (χ2v) is 5.45. The average molecular weight is 339 g/mol. The molecule has 0 aromatic carbocycles. The smallest absolute Gasteiger partial charge is 0.267 e. The summed E-state index contributed by atoms with van der Waals surface area (Å²) in [5.74, 6) is 0. The van der Waals surface area contributed by atoms with Gasteiger partial charge in [0.05, 0.1) is 0 Å². The van der Waals surface area contributed by atoms with Gasteiger partial charge in [-0.05, 0) is 12.0 Å². The second kappa shape index (κ2) is 8.94. The molecule has 1 aliphatic heterocycles. The van der Waals surface area contributed by atoms with Crippen LogP contribution in [0.3, 0.4) is 0 Å². The topological polar surface area (TPSA) is 66.3 Å². The van der Waals surface area contributed by atoms with E-state index in [1.54, 1.807) is 10.6 Å². The van der Waals surface area contributed by atoms with E-state index in [-0.39, 0.29) is 5.56 Å². The zero-order chi connectivity index (χ0) is 18.2. The zero-order valence-electron chi connectivity index (χ0n) is 14.9. The van der Waals surface area contributed by atoms with E-state index in [9.17, 15) is 4.79 Å². The van der Waals surface area contributed by atoms with E-state index in [0.717, 1.165) is 41.9 Å². The number of hydrogen-bond acceptors (Lipinski definition) is 4. The van der Waals surface area contributed by atoms with Gasteiger partial charge in [-0.15, -0.1) is 10.2 Å². The van der Waals surface area contributed by atoms with Crippen LogP contribution in [0.2, 0.25) is 0 Å². The minimum atomic E-state index is -0.0762. The van der Waals surface area contributed by atoms with Crippen molar-refractivity contribution in [2.45, 2.75) is 26.8 Å². The maximum absolute atomic E-state index is 12.3. The Labute approximate surface area is 147 Å². The van der Waals surface area contributed by atoms with Gasteiger partial charge < -0.3 is 0 Å². The molecular weight excluding hydrogens is 314 g/mol. The summed E-state index contributed by atoms with van der Waals surface area (Å²) >= 11 is 0. The largest absolute Gasteiger partial charge is 0.294 e. The summed E-state index contributed by atoms with van der Waals surface area (Å²) in [5.41, 5.74) is 3.55. The summed E-state index contributed by atoms with van der Waals surface area (Å²) < 4.78 is 1.59. The number of allylic oxidation sites excluding steroid dienone is 4. The average Bonchev–Trinajstić information content (AvgIpc) is 3.11. The molecule has 0 unspecified atom stereocenters. The van der Waals surface area contributed by atoms with Crippen LogP contribution in [-0.2, 0) is 13.0 Å². The number of aromatic amines is 1. The van der Waals surface area contributed by atoms with Crippen LogP contribution in [0, 0.1) is 0 Å². The van der Waals surface area contributed by atoms with Gasteiger partial charge in [-0.25, -0.2) is 4.52 Å². The van der Waals surface area contributed by atoms with Gasteiger partial charge in [0.15, 0.2) is 5.65 Å². The lowest BCUT2D eigenvalue weighted by Gasteiger charge is -2.28. The Kier molecular flexibility index (Phi) is 6.65. The van der Waals surface area contributed by atoms with E-state index in [2.05, 4.69) is 33.4 Å². The lowest BCUT2D eigenvalue weighted by atomic mass is 10.0. The number of aromatic nitrogens is 4. The summed E-state index contributed by atoms with van der Waals surface area (Å²) in [6.45, 7) is 13.7. The molecule has 0 saturated carbocycles. The highest BCUT2D eigenvalue weighted by atomic mass is 16.1. The highest BCUT2D eigenvalue weighted by molar-refractivity contribution is 5.50. The van der Waals surface area contributed by atoms with Gasteiger partial charge in [0, 0.05) is 30.8 Å². The van der Waals surface area contributed by atoms with E-state index in [4.69, 9.17) is 0 Å². The minimum Gasteiger partial charge on any atom is -0.294 e. The van der Waals surface area contributed by atoms with Gasteiger partial charge in [0.1, 0.15) is 6.33 Å². The second-order valence-electron chi connectivity index (χ2n) is 5.45. The molecule has 1 N–H and O–H groups in total. The van der Waals surface area contributed by atoms with Gasteiger partial charge in [-0.2, -0.15) is 0 Å². The Hall–Kier alpha value is -2.73. The Bertz CT molecular complexity index is 856. The van der Waals surface area contributed by atoms with Gasteiger partial charge in [0.2, 0.25) is 0 Å². The molecule has 3 heterocycles. The van der Waals surface area contributed by atoms with Crippen molar-refractivity contribution < 1.29 is 0 Å². The number of hydrogen-bond donors (Lipinski definition) is 1. The van der Waals surface area contributed by atoms with E-state index in [1.165, 1.54) is 6.33 Å². The third-order valence-electron chi connectivity index (χ3n) is 3.96. The van der Waals surface area contributed by atoms with Crippen LogP contribution in [0.25, 0.3) is 5.65 Å². The molecule has 0 bridgehead atoms. The summed E-state index contributed by atoms with van der Waals surface area (Å²) in [6, 6.07) is 0. The van der Waals surface area contributed by atoms with Gasteiger partial charge >= 0.3 is 0 Å². The van der Waals surface area contributed by atoms with Crippen molar-refractivity contribution in [3.8, 4) is 0 Å². The zero-order valence-corrected chi connectivity index (χ0v) is 14.9. The molecule has 3 rings (SSSR count). The number of rotatable bonds is 5. The molecule has 0 spiro atoms. The first-order chi connectivity index (χ1) is 12.2. The van der Waals surface area contributed by atoms with Crippen LogP contribution in [0.15, 0.2) is 60.2 Å². The number of fused-ring (bicyclic) bond motifs is 3. The molecule has 6 nitrogen and oxygen atoms in total. The molecule has 6 heteroatoms. The molecule has 132 valence electrons. The SMILES string of the molecule is C=C/C=C\C=C(/C=C)CN1CCc2c(c(=O)[nH]n3cnnc23)C1.CC. The molecule has 0 fully saturated rings. The van der Waals surface area contributed by atoms with Crippen LogP contribution in [0.4, 0.5) is 0 Å². The first-order valence-corrected chi connectivity index (χ1v) is 8.49. The number of nitrogens with zero attached hydrogens (tertiary/aromatic N) is 4. The van der Waals surface area contributed by atoms with Gasteiger partial charge in [-0.1, -0.05) is 57.4 Å². The Morgan fingerprint density at radius 3 is 2.84 bits per heavy atom. The minimum absolute atomic E-state index is 0.0762. The molecule has 2 aromatic rings. The van der Waals surface area contributed by atoms with Crippen LogP contribution in [-0.4, -0.2) is 37.8 Å². The third-order valence-corrected chi connectivity index (χ3v) is 3.96. The van der Waals surface area contributed by atoms with Crippen molar-refractivity contribution in [3.05, 3.63) is 76.9 Å². The van der Waals surface area contributed by atoms with Crippen molar-refractivity contribution in [1.29, 1.82) is 0 Å². The van der Waals surface area contributed by atoms with Gasteiger partial charge in [0.25, 0.3) is 5.56 Å². The Morgan fingerprint density at radius 2 is 2.12 bits per heavy atom. The highest BCUT2D eigenvalue weighted by Crippen LogP contribution is 2.19. The maximum Gasteiger partial charge on any atom is 0.267 e. The molecule has 0 amide bonds. The summed E-state index contributed by atoms with van der Waals surface area (Å²) in [5, 5.41) is 10.7. The third kappa shape index (κ3) is 4.22. The Balaban J connectivity index is 0.00000109. The first kappa shape index (κ1) is 18.6. The lowest BCUT2D eigenvalue weighted by molar-refractivity contribution is 0.276. The molecular formula is C19H25N5O. The quantitative estimate of drug-likeness (QED) is 0.851.